The second-order valence-electron chi connectivity index (χ2n) is 5.84. The van der Waals surface area contributed by atoms with E-state index in [1.165, 1.54) is 24.4 Å². The standard InChI is InChI=1S/C19H19NO4/c1-12(24-19(22)16-8-9-17(23-2)20-11-16)18(21)15-7-6-13-4-3-5-14(13)10-15/h6-12H,3-5H2,1-2H3. The summed E-state index contributed by atoms with van der Waals surface area (Å²) in [5.41, 5.74) is 3.40. The number of nitrogens with zero attached hydrogens (tertiary/aromatic N) is 1. The van der Waals surface area contributed by atoms with Crippen molar-refractivity contribution < 1.29 is 19.1 Å². The molecule has 1 aliphatic rings. The lowest BCUT2D eigenvalue weighted by Gasteiger charge is -2.13. The zero-order valence-corrected chi connectivity index (χ0v) is 13.7. The normalized spacial score (nSPS) is 13.9. The monoisotopic (exact) mass is 325 g/mol. The topological polar surface area (TPSA) is 65.5 Å². The zero-order valence-electron chi connectivity index (χ0n) is 13.7. The van der Waals surface area contributed by atoms with Crippen LogP contribution in [0.5, 0.6) is 5.88 Å². The molecule has 24 heavy (non-hydrogen) atoms. The Morgan fingerprint density at radius 3 is 2.54 bits per heavy atom. The van der Waals surface area contributed by atoms with Crippen molar-refractivity contribution in [3.63, 3.8) is 0 Å². The van der Waals surface area contributed by atoms with Gasteiger partial charge in [-0.25, -0.2) is 9.78 Å². The average Bonchev–Trinajstić information content (AvgIpc) is 3.08. The fraction of sp³-hybridized carbons (Fsp3) is 0.316. The Hall–Kier alpha value is -2.69. The molecule has 5 nitrogen and oxygen atoms in total. The highest BCUT2D eigenvalue weighted by molar-refractivity contribution is 6.01. The van der Waals surface area contributed by atoms with Crippen molar-refractivity contribution in [2.75, 3.05) is 7.11 Å². The fourth-order valence-corrected chi connectivity index (χ4v) is 2.86. The van der Waals surface area contributed by atoms with Gasteiger partial charge in [0.25, 0.3) is 0 Å². The third-order valence-corrected chi connectivity index (χ3v) is 4.22. The lowest BCUT2D eigenvalue weighted by molar-refractivity contribution is 0.0318. The highest BCUT2D eigenvalue weighted by Gasteiger charge is 2.22. The number of esters is 1. The Bertz CT molecular complexity index is 767. The molecule has 0 saturated heterocycles. The van der Waals surface area contributed by atoms with Gasteiger partial charge in [0, 0.05) is 17.8 Å². The smallest absolute Gasteiger partial charge is 0.340 e. The summed E-state index contributed by atoms with van der Waals surface area (Å²) < 4.78 is 10.2. The lowest BCUT2D eigenvalue weighted by atomic mass is 10.0. The van der Waals surface area contributed by atoms with Crippen LogP contribution in [0.15, 0.2) is 36.5 Å². The average molecular weight is 325 g/mol. The number of pyridine rings is 1. The summed E-state index contributed by atoms with van der Waals surface area (Å²) in [5.74, 6) is -0.361. The largest absolute Gasteiger partial charge is 0.481 e. The van der Waals surface area contributed by atoms with E-state index in [2.05, 4.69) is 4.98 Å². The van der Waals surface area contributed by atoms with Crippen molar-refractivity contribution in [3.8, 4) is 5.88 Å². The van der Waals surface area contributed by atoms with Crippen molar-refractivity contribution >= 4 is 11.8 Å². The molecular formula is C19H19NO4. The van der Waals surface area contributed by atoms with Crippen molar-refractivity contribution in [2.45, 2.75) is 32.3 Å². The number of Topliss-reactive ketones (excluding diaryl/α,β-unsaturated/α-hetero) is 1. The molecule has 0 bridgehead atoms. The highest BCUT2D eigenvalue weighted by atomic mass is 16.5. The summed E-state index contributed by atoms with van der Waals surface area (Å²) in [5, 5.41) is 0. The van der Waals surface area contributed by atoms with Crippen molar-refractivity contribution in [1.29, 1.82) is 0 Å². The van der Waals surface area contributed by atoms with Crippen LogP contribution in [-0.4, -0.2) is 30.0 Å². The molecule has 0 saturated carbocycles. The Balaban J connectivity index is 1.68. The molecule has 0 N–H and O–H groups in total. The molecule has 1 aliphatic carbocycles. The van der Waals surface area contributed by atoms with Gasteiger partial charge in [-0.05, 0) is 49.4 Å². The van der Waals surface area contributed by atoms with E-state index in [0.29, 0.717) is 11.4 Å². The van der Waals surface area contributed by atoms with Crippen LogP contribution in [-0.2, 0) is 17.6 Å². The number of rotatable bonds is 5. The second-order valence-corrected chi connectivity index (χ2v) is 5.84. The van der Waals surface area contributed by atoms with Crippen LogP contribution in [0, 0.1) is 0 Å². The maximum atomic E-state index is 12.5. The van der Waals surface area contributed by atoms with Crippen LogP contribution in [0.2, 0.25) is 0 Å². The lowest BCUT2D eigenvalue weighted by Crippen LogP contribution is -2.24. The molecule has 1 atom stereocenters. The molecule has 5 heteroatoms. The third-order valence-electron chi connectivity index (χ3n) is 4.22. The maximum absolute atomic E-state index is 12.5. The van der Waals surface area contributed by atoms with Gasteiger partial charge in [-0.2, -0.15) is 0 Å². The van der Waals surface area contributed by atoms with E-state index in [-0.39, 0.29) is 11.3 Å². The number of carbonyl (C=O) groups is 2. The van der Waals surface area contributed by atoms with E-state index in [0.717, 1.165) is 19.3 Å². The Morgan fingerprint density at radius 1 is 1.08 bits per heavy atom. The molecule has 0 amide bonds. The Kier molecular flexibility index (Phi) is 4.60. The summed E-state index contributed by atoms with van der Waals surface area (Å²) in [4.78, 5) is 28.6. The predicted octanol–water partition coefficient (Wildman–Crippen LogP) is 3.01. The first kappa shape index (κ1) is 16.2. The molecular weight excluding hydrogens is 306 g/mol. The first-order chi connectivity index (χ1) is 11.6. The number of hydrogen-bond donors (Lipinski definition) is 0. The molecule has 0 spiro atoms. The van der Waals surface area contributed by atoms with E-state index in [1.807, 2.05) is 18.2 Å². The van der Waals surface area contributed by atoms with Crippen molar-refractivity contribution in [1.82, 2.24) is 4.98 Å². The summed E-state index contributed by atoms with van der Waals surface area (Å²) in [7, 11) is 1.50. The number of ether oxygens (including phenoxy) is 2. The molecule has 0 fully saturated rings. The quantitative estimate of drug-likeness (QED) is 0.624. The van der Waals surface area contributed by atoms with Gasteiger partial charge in [0.1, 0.15) is 0 Å². The number of hydrogen-bond acceptors (Lipinski definition) is 5. The van der Waals surface area contributed by atoms with Gasteiger partial charge < -0.3 is 9.47 Å². The number of benzene rings is 1. The number of fused-ring (bicyclic) bond motifs is 1. The summed E-state index contributed by atoms with van der Waals surface area (Å²) in [6, 6.07) is 8.86. The minimum absolute atomic E-state index is 0.195. The SMILES string of the molecule is COc1ccc(C(=O)OC(C)C(=O)c2ccc3c(c2)CCC3)cn1. The minimum atomic E-state index is -0.848. The molecule has 1 aromatic heterocycles. The van der Waals surface area contributed by atoms with E-state index >= 15 is 0 Å². The number of carbonyl (C=O) groups excluding carboxylic acids is 2. The van der Waals surface area contributed by atoms with E-state index < -0.39 is 12.1 Å². The molecule has 0 aliphatic heterocycles. The van der Waals surface area contributed by atoms with Gasteiger partial charge in [-0.1, -0.05) is 12.1 Å². The van der Waals surface area contributed by atoms with Crippen LogP contribution >= 0.6 is 0 Å². The van der Waals surface area contributed by atoms with E-state index in [1.54, 1.807) is 19.1 Å². The molecule has 3 rings (SSSR count). The Labute approximate surface area is 140 Å². The van der Waals surface area contributed by atoms with Crippen molar-refractivity contribution in [2.24, 2.45) is 0 Å². The van der Waals surface area contributed by atoms with E-state index in [4.69, 9.17) is 9.47 Å². The van der Waals surface area contributed by atoms with Gasteiger partial charge in [0.15, 0.2) is 6.10 Å². The van der Waals surface area contributed by atoms with E-state index in [9.17, 15) is 9.59 Å². The first-order valence-corrected chi connectivity index (χ1v) is 7.95. The number of methoxy groups -OCH3 is 1. The van der Waals surface area contributed by atoms with Gasteiger partial charge >= 0.3 is 5.97 Å². The van der Waals surface area contributed by atoms with Crippen LogP contribution < -0.4 is 4.74 Å². The fourth-order valence-electron chi connectivity index (χ4n) is 2.86. The molecule has 1 aromatic carbocycles. The van der Waals surface area contributed by atoms with Gasteiger partial charge in [0.2, 0.25) is 11.7 Å². The van der Waals surface area contributed by atoms with Gasteiger partial charge in [-0.15, -0.1) is 0 Å². The number of aryl methyl sites for hydroxylation is 2. The third kappa shape index (κ3) is 3.30. The molecule has 2 aromatic rings. The van der Waals surface area contributed by atoms with Gasteiger partial charge in [-0.3, -0.25) is 4.79 Å². The number of aromatic nitrogens is 1. The predicted molar refractivity (Wildman–Crippen MR) is 88.5 cm³/mol. The minimum Gasteiger partial charge on any atom is -0.481 e. The summed E-state index contributed by atoms with van der Waals surface area (Å²) in [6.07, 6.45) is 3.72. The highest BCUT2D eigenvalue weighted by Crippen LogP contribution is 2.23. The van der Waals surface area contributed by atoms with Crippen molar-refractivity contribution in [3.05, 3.63) is 58.8 Å². The number of ketones is 1. The van der Waals surface area contributed by atoms with Crippen LogP contribution in [0.3, 0.4) is 0 Å². The van der Waals surface area contributed by atoms with Crippen LogP contribution in [0.4, 0.5) is 0 Å². The Morgan fingerprint density at radius 2 is 1.83 bits per heavy atom. The zero-order chi connectivity index (χ0) is 17.1. The molecule has 1 unspecified atom stereocenters. The van der Waals surface area contributed by atoms with Gasteiger partial charge in [0.05, 0.1) is 12.7 Å². The maximum Gasteiger partial charge on any atom is 0.340 e. The molecule has 1 heterocycles. The first-order valence-electron chi connectivity index (χ1n) is 7.95. The molecule has 0 radical (unpaired) electrons. The second kappa shape index (κ2) is 6.83. The summed E-state index contributed by atoms with van der Waals surface area (Å²) >= 11 is 0. The summed E-state index contributed by atoms with van der Waals surface area (Å²) in [6.45, 7) is 1.59. The van der Waals surface area contributed by atoms with Crippen LogP contribution in [0.1, 0.15) is 45.2 Å². The van der Waals surface area contributed by atoms with Crippen LogP contribution in [0.25, 0.3) is 0 Å². The molecule has 124 valence electrons.